The molecule has 2 heterocycles. The molecular weight excluding hydrogens is 360 g/mol. The van der Waals surface area contributed by atoms with Crippen LogP contribution in [0.1, 0.15) is 24.8 Å². The molecule has 2 aliphatic rings. The smallest absolute Gasteiger partial charge is 0.224 e. The highest BCUT2D eigenvalue weighted by molar-refractivity contribution is 5.91. The third kappa shape index (κ3) is 5.30. The summed E-state index contributed by atoms with van der Waals surface area (Å²) in [6.45, 7) is 6.62. The van der Waals surface area contributed by atoms with Crippen molar-refractivity contribution in [1.29, 1.82) is 0 Å². The Labute approximate surface area is 174 Å². The fourth-order valence-electron chi connectivity index (χ4n) is 4.15. The van der Waals surface area contributed by atoms with Crippen molar-refractivity contribution in [3.05, 3.63) is 54.1 Å². The van der Waals surface area contributed by atoms with E-state index in [2.05, 4.69) is 63.5 Å². The SMILES string of the molecule is CN1CCN(c2ccc(NC(=O)CCc3ccc(N4CCCC4)cc3)cc2)CC1. The summed E-state index contributed by atoms with van der Waals surface area (Å²) < 4.78 is 0. The number of hydrogen-bond donors (Lipinski definition) is 1. The Morgan fingerprint density at radius 2 is 1.34 bits per heavy atom. The van der Waals surface area contributed by atoms with E-state index in [0.717, 1.165) is 51.4 Å². The molecule has 2 aromatic carbocycles. The molecule has 2 saturated heterocycles. The van der Waals surface area contributed by atoms with E-state index in [4.69, 9.17) is 0 Å². The van der Waals surface area contributed by atoms with Crippen LogP contribution in [0.15, 0.2) is 48.5 Å². The van der Waals surface area contributed by atoms with Crippen LogP contribution in [0.5, 0.6) is 0 Å². The maximum atomic E-state index is 12.3. The molecule has 0 aromatic heterocycles. The van der Waals surface area contributed by atoms with Gasteiger partial charge in [-0.1, -0.05) is 12.1 Å². The van der Waals surface area contributed by atoms with E-state index in [9.17, 15) is 4.79 Å². The van der Waals surface area contributed by atoms with E-state index in [1.54, 1.807) is 0 Å². The quantitative estimate of drug-likeness (QED) is 0.815. The average Bonchev–Trinajstić information content (AvgIpc) is 3.29. The first-order chi connectivity index (χ1) is 14.2. The number of aryl methyl sites for hydroxylation is 1. The highest BCUT2D eigenvalue weighted by Crippen LogP contribution is 2.22. The van der Waals surface area contributed by atoms with Crippen molar-refractivity contribution in [3.63, 3.8) is 0 Å². The predicted molar refractivity (Wildman–Crippen MR) is 121 cm³/mol. The second kappa shape index (κ2) is 9.31. The van der Waals surface area contributed by atoms with Crippen LogP contribution >= 0.6 is 0 Å². The topological polar surface area (TPSA) is 38.8 Å². The minimum absolute atomic E-state index is 0.0703. The first kappa shape index (κ1) is 19.8. The number of carbonyl (C=O) groups is 1. The van der Waals surface area contributed by atoms with Gasteiger partial charge in [-0.2, -0.15) is 0 Å². The summed E-state index contributed by atoms with van der Waals surface area (Å²) in [5.41, 5.74) is 4.62. The standard InChI is InChI=1S/C24H32N4O/c1-26-16-18-28(19-17-26)23-11-7-21(8-12-23)25-24(29)13-6-20-4-9-22(10-5-20)27-14-2-3-15-27/h4-5,7-12H,2-3,6,13-19H2,1H3,(H,25,29). The van der Waals surface area contributed by atoms with E-state index in [1.165, 1.54) is 29.8 Å². The van der Waals surface area contributed by atoms with Gasteiger partial charge in [0.2, 0.25) is 5.91 Å². The second-order valence-corrected chi connectivity index (χ2v) is 8.25. The first-order valence-corrected chi connectivity index (χ1v) is 10.8. The second-order valence-electron chi connectivity index (χ2n) is 8.25. The number of rotatable bonds is 6. The van der Waals surface area contributed by atoms with Crippen LogP contribution in [-0.2, 0) is 11.2 Å². The zero-order valence-corrected chi connectivity index (χ0v) is 17.4. The molecule has 0 atom stereocenters. The van der Waals surface area contributed by atoms with Gasteiger partial charge in [-0.15, -0.1) is 0 Å². The Morgan fingerprint density at radius 1 is 0.793 bits per heavy atom. The number of carbonyl (C=O) groups excluding carboxylic acids is 1. The molecule has 0 radical (unpaired) electrons. The van der Waals surface area contributed by atoms with Crippen LogP contribution in [-0.4, -0.2) is 57.1 Å². The zero-order chi connectivity index (χ0) is 20.1. The van der Waals surface area contributed by atoms with Gasteiger partial charge in [0.05, 0.1) is 0 Å². The van der Waals surface area contributed by atoms with Gasteiger partial charge in [0.25, 0.3) is 0 Å². The summed E-state index contributed by atoms with van der Waals surface area (Å²) in [6.07, 6.45) is 3.85. The third-order valence-corrected chi connectivity index (χ3v) is 6.07. The fourth-order valence-corrected chi connectivity index (χ4v) is 4.15. The molecular formula is C24H32N4O. The number of amides is 1. The lowest BCUT2D eigenvalue weighted by molar-refractivity contribution is -0.116. The van der Waals surface area contributed by atoms with E-state index >= 15 is 0 Å². The van der Waals surface area contributed by atoms with Crippen molar-refractivity contribution in [2.24, 2.45) is 0 Å². The number of hydrogen-bond acceptors (Lipinski definition) is 4. The summed E-state index contributed by atoms with van der Waals surface area (Å²) in [6, 6.07) is 16.9. The van der Waals surface area contributed by atoms with Crippen molar-refractivity contribution in [2.75, 3.05) is 61.4 Å². The lowest BCUT2D eigenvalue weighted by Gasteiger charge is -2.34. The van der Waals surface area contributed by atoms with E-state index in [1.807, 2.05) is 12.1 Å². The van der Waals surface area contributed by atoms with Gasteiger partial charge in [0, 0.05) is 62.8 Å². The molecule has 0 bridgehead atoms. The highest BCUT2D eigenvalue weighted by Gasteiger charge is 2.14. The van der Waals surface area contributed by atoms with Crippen molar-refractivity contribution < 1.29 is 4.79 Å². The van der Waals surface area contributed by atoms with Crippen LogP contribution < -0.4 is 15.1 Å². The lowest BCUT2D eigenvalue weighted by Crippen LogP contribution is -2.44. The molecule has 0 unspecified atom stereocenters. The van der Waals surface area contributed by atoms with E-state index in [0.29, 0.717) is 6.42 Å². The normalized spacial score (nSPS) is 17.6. The van der Waals surface area contributed by atoms with Crippen molar-refractivity contribution in [1.82, 2.24) is 4.90 Å². The molecule has 5 heteroatoms. The van der Waals surface area contributed by atoms with Crippen LogP contribution in [0.2, 0.25) is 0 Å². The summed E-state index contributed by atoms with van der Waals surface area (Å²) in [7, 11) is 2.16. The highest BCUT2D eigenvalue weighted by atomic mass is 16.1. The largest absolute Gasteiger partial charge is 0.372 e. The summed E-state index contributed by atoms with van der Waals surface area (Å²) in [5, 5.41) is 3.03. The van der Waals surface area contributed by atoms with Gasteiger partial charge in [-0.3, -0.25) is 4.79 Å². The van der Waals surface area contributed by atoms with Gasteiger partial charge in [-0.05, 0) is 68.3 Å². The minimum Gasteiger partial charge on any atom is -0.372 e. The number of benzene rings is 2. The van der Waals surface area contributed by atoms with E-state index < -0.39 is 0 Å². The van der Waals surface area contributed by atoms with Crippen LogP contribution in [0.3, 0.4) is 0 Å². The molecule has 29 heavy (non-hydrogen) atoms. The van der Waals surface area contributed by atoms with Crippen molar-refractivity contribution in [2.45, 2.75) is 25.7 Å². The molecule has 154 valence electrons. The summed E-state index contributed by atoms with van der Waals surface area (Å²) in [4.78, 5) is 19.5. The van der Waals surface area contributed by atoms with Gasteiger partial charge < -0.3 is 20.0 Å². The molecule has 0 saturated carbocycles. The molecule has 0 spiro atoms. The monoisotopic (exact) mass is 392 g/mol. The lowest BCUT2D eigenvalue weighted by atomic mass is 10.1. The Bertz CT molecular complexity index is 789. The van der Waals surface area contributed by atoms with Crippen LogP contribution in [0, 0.1) is 0 Å². The van der Waals surface area contributed by atoms with Crippen LogP contribution in [0.25, 0.3) is 0 Å². The number of nitrogens with one attached hydrogen (secondary N) is 1. The Hall–Kier alpha value is -2.53. The van der Waals surface area contributed by atoms with Crippen molar-refractivity contribution in [3.8, 4) is 0 Å². The van der Waals surface area contributed by atoms with Gasteiger partial charge in [0.15, 0.2) is 0 Å². The molecule has 2 fully saturated rings. The van der Waals surface area contributed by atoms with E-state index in [-0.39, 0.29) is 5.91 Å². The molecule has 1 N–H and O–H groups in total. The molecule has 5 nitrogen and oxygen atoms in total. The zero-order valence-electron chi connectivity index (χ0n) is 17.4. The number of likely N-dealkylation sites (N-methyl/N-ethyl adjacent to an activating group) is 1. The summed E-state index contributed by atoms with van der Waals surface area (Å²) >= 11 is 0. The minimum atomic E-state index is 0.0703. The number of anilines is 3. The first-order valence-electron chi connectivity index (χ1n) is 10.8. The Kier molecular flexibility index (Phi) is 6.35. The number of piperazine rings is 1. The van der Waals surface area contributed by atoms with Gasteiger partial charge in [-0.25, -0.2) is 0 Å². The molecule has 1 amide bonds. The molecule has 2 aliphatic heterocycles. The summed E-state index contributed by atoms with van der Waals surface area (Å²) in [5.74, 6) is 0.0703. The molecule has 2 aromatic rings. The number of nitrogens with zero attached hydrogens (tertiary/aromatic N) is 3. The molecule has 0 aliphatic carbocycles. The maximum absolute atomic E-state index is 12.3. The Balaban J connectivity index is 1.24. The predicted octanol–water partition coefficient (Wildman–Crippen LogP) is 3.61. The van der Waals surface area contributed by atoms with Crippen LogP contribution in [0.4, 0.5) is 17.1 Å². The average molecular weight is 393 g/mol. The van der Waals surface area contributed by atoms with Gasteiger partial charge in [0.1, 0.15) is 0 Å². The fraction of sp³-hybridized carbons (Fsp3) is 0.458. The Morgan fingerprint density at radius 3 is 1.97 bits per heavy atom. The van der Waals surface area contributed by atoms with Gasteiger partial charge >= 0.3 is 0 Å². The van der Waals surface area contributed by atoms with Crippen molar-refractivity contribution >= 4 is 23.0 Å². The maximum Gasteiger partial charge on any atom is 0.224 e. The third-order valence-electron chi connectivity index (χ3n) is 6.07. The molecule has 4 rings (SSSR count).